The van der Waals surface area contributed by atoms with E-state index >= 15 is 0 Å². The summed E-state index contributed by atoms with van der Waals surface area (Å²) >= 11 is 1.42. The highest BCUT2D eigenvalue weighted by Crippen LogP contribution is 2.26. The maximum atomic E-state index is 13.4. The molecule has 0 aliphatic heterocycles. The summed E-state index contributed by atoms with van der Waals surface area (Å²) in [6.45, 7) is 6.55. The number of nitrogens with zero attached hydrogens (tertiary/aromatic N) is 2. The van der Waals surface area contributed by atoms with E-state index in [4.69, 9.17) is 5.73 Å². The van der Waals surface area contributed by atoms with Gasteiger partial charge in [-0.05, 0) is 37.5 Å². The Balaban J connectivity index is 1.99. The lowest BCUT2D eigenvalue weighted by Crippen LogP contribution is -2.41. The molecular weight excluding hydrogens is 436 g/mol. The first-order chi connectivity index (χ1) is 15.8. The Hall–Kier alpha value is -3.26. The number of nitrogens with two attached hydrogens (primary N) is 1. The summed E-state index contributed by atoms with van der Waals surface area (Å²) in [5, 5.41) is 0. The van der Waals surface area contributed by atoms with Crippen molar-refractivity contribution in [3.05, 3.63) is 86.1 Å². The molecule has 0 unspecified atom stereocenters. The average molecular weight is 467 g/mol. The second-order valence-corrected chi connectivity index (χ2v) is 9.04. The van der Waals surface area contributed by atoms with E-state index in [0.717, 1.165) is 34.4 Å². The van der Waals surface area contributed by atoms with Crippen LogP contribution in [0.1, 0.15) is 36.5 Å². The molecule has 3 aromatic rings. The third-order valence-electron chi connectivity index (χ3n) is 5.40. The monoisotopic (exact) mass is 466 g/mol. The number of anilines is 2. The van der Waals surface area contributed by atoms with Crippen molar-refractivity contribution in [3.63, 3.8) is 0 Å². The fourth-order valence-corrected chi connectivity index (χ4v) is 4.51. The highest BCUT2D eigenvalue weighted by Gasteiger charge is 2.24. The molecule has 0 aliphatic carbocycles. The molecule has 8 heteroatoms. The molecule has 0 saturated carbocycles. The Morgan fingerprint density at radius 1 is 1.12 bits per heavy atom. The third kappa shape index (κ3) is 5.96. The number of H-pyrrole nitrogens is 1. The van der Waals surface area contributed by atoms with Crippen molar-refractivity contribution in [1.29, 1.82) is 0 Å². The second kappa shape index (κ2) is 11.0. The van der Waals surface area contributed by atoms with Crippen LogP contribution >= 0.6 is 11.8 Å². The first kappa shape index (κ1) is 24.4. The largest absolute Gasteiger partial charge is 0.383 e. The molecule has 0 fully saturated rings. The number of hydrogen-bond donors (Lipinski definition) is 2. The van der Waals surface area contributed by atoms with Crippen molar-refractivity contribution < 1.29 is 4.79 Å². The molecule has 0 radical (unpaired) electrons. The van der Waals surface area contributed by atoms with Crippen LogP contribution in [0.3, 0.4) is 0 Å². The summed E-state index contributed by atoms with van der Waals surface area (Å²) in [7, 11) is 0. The molecule has 33 heavy (non-hydrogen) atoms. The number of aromatic amines is 1. The molecule has 174 valence electrons. The van der Waals surface area contributed by atoms with Gasteiger partial charge in [-0.1, -0.05) is 61.4 Å². The topological polar surface area (TPSA) is 101 Å². The third-order valence-corrected chi connectivity index (χ3v) is 6.54. The number of thioether (sulfide) groups is 1. The van der Waals surface area contributed by atoms with E-state index in [1.165, 1.54) is 21.2 Å². The number of nitrogens with one attached hydrogen (secondary N) is 1. The van der Waals surface area contributed by atoms with Crippen LogP contribution in [-0.4, -0.2) is 21.2 Å². The second-order valence-electron chi connectivity index (χ2n) is 8.02. The van der Waals surface area contributed by atoms with E-state index in [0.29, 0.717) is 6.54 Å². The van der Waals surface area contributed by atoms with E-state index in [2.05, 4.69) is 4.98 Å². The molecule has 0 aliphatic rings. The molecule has 3 rings (SSSR count). The highest BCUT2D eigenvalue weighted by atomic mass is 32.2. The number of hydrogen-bond acceptors (Lipinski definition) is 5. The number of rotatable bonds is 9. The van der Waals surface area contributed by atoms with Gasteiger partial charge in [0.2, 0.25) is 5.91 Å². The van der Waals surface area contributed by atoms with E-state index < -0.39 is 11.2 Å². The zero-order valence-corrected chi connectivity index (χ0v) is 20.1. The van der Waals surface area contributed by atoms with Crippen LogP contribution in [0.15, 0.2) is 63.0 Å². The van der Waals surface area contributed by atoms with E-state index in [1.807, 2.05) is 69.3 Å². The molecule has 0 saturated heterocycles. The van der Waals surface area contributed by atoms with Crippen LogP contribution in [-0.2, 0) is 17.9 Å². The Morgan fingerprint density at radius 3 is 2.55 bits per heavy atom. The molecule has 0 bridgehead atoms. The molecule has 3 N–H and O–H groups in total. The SMILES string of the molecule is CCCCn1c(N)c(N(Cc2ccccc2)C(=O)CSc2cc(C)ccc2C)c(=O)[nH]c1=O. The molecule has 0 atom stereocenters. The summed E-state index contributed by atoms with van der Waals surface area (Å²) in [4.78, 5) is 43.4. The van der Waals surface area contributed by atoms with Crippen LogP contribution < -0.4 is 21.9 Å². The Labute approximate surface area is 197 Å². The minimum Gasteiger partial charge on any atom is -0.383 e. The predicted octanol–water partition coefficient (Wildman–Crippen LogP) is 3.86. The van der Waals surface area contributed by atoms with Gasteiger partial charge in [-0.3, -0.25) is 24.0 Å². The van der Waals surface area contributed by atoms with Crippen molar-refractivity contribution >= 4 is 29.2 Å². The van der Waals surface area contributed by atoms with Gasteiger partial charge in [0.25, 0.3) is 5.56 Å². The number of unbranched alkanes of at least 4 members (excludes halogenated alkanes) is 1. The van der Waals surface area contributed by atoms with E-state index in [-0.39, 0.29) is 29.7 Å². The predicted molar refractivity (Wildman–Crippen MR) is 135 cm³/mol. The molecule has 1 aromatic heterocycles. The lowest BCUT2D eigenvalue weighted by atomic mass is 10.2. The van der Waals surface area contributed by atoms with Crippen molar-refractivity contribution in [2.45, 2.75) is 51.6 Å². The Kier molecular flexibility index (Phi) is 8.16. The fraction of sp³-hybridized carbons (Fsp3) is 0.320. The number of aryl methyl sites for hydroxylation is 2. The van der Waals surface area contributed by atoms with Gasteiger partial charge in [0.15, 0.2) is 5.69 Å². The first-order valence-corrected chi connectivity index (χ1v) is 12.0. The maximum absolute atomic E-state index is 13.4. The number of carbonyl (C=O) groups is 1. The summed E-state index contributed by atoms with van der Waals surface area (Å²) in [5.74, 6) is -0.120. The standard InChI is InChI=1S/C25H30N4O3S/c1-4-5-13-28-23(26)22(24(31)27-25(28)32)29(15-19-9-7-6-8-10-19)21(30)16-33-20-14-17(2)11-12-18(20)3/h6-12,14H,4-5,13,15-16,26H2,1-3H3,(H,27,31,32). The minimum atomic E-state index is -0.661. The van der Waals surface area contributed by atoms with Gasteiger partial charge < -0.3 is 5.73 Å². The first-order valence-electron chi connectivity index (χ1n) is 11.0. The number of aromatic nitrogens is 2. The van der Waals surface area contributed by atoms with Crippen molar-refractivity contribution in [2.24, 2.45) is 0 Å². The van der Waals surface area contributed by atoms with Crippen LogP contribution in [0.25, 0.3) is 0 Å². The smallest absolute Gasteiger partial charge is 0.330 e. The quantitative estimate of drug-likeness (QED) is 0.466. The number of nitrogen functional groups attached to an aromatic ring is 1. The zero-order chi connectivity index (χ0) is 24.0. The molecule has 1 amide bonds. The summed E-state index contributed by atoms with van der Waals surface area (Å²) in [5.41, 5.74) is 8.15. The van der Waals surface area contributed by atoms with Crippen molar-refractivity contribution in [2.75, 3.05) is 16.4 Å². The number of amides is 1. The van der Waals surface area contributed by atoms with Gasteiger partial charge in [-0.15, -0.1) is 11.8 Å². The Bertz CT molecular complexity index is 1230. The Morgan fingerprint density at radius 2 is 1.85 bits per heavy atom. The van der Waals surface area contributed by atoms with Gasteiger partial charge in [0, 0.05) is 11.4 Å². The molecule has 7 nitrogen and oxygen atoms in total. The van der Waals surface area contributed by atoms with Crippen LogP contribution in [0, 0.1) is 13.8 Å². The number of carbonyl (C=O) groups excluding carboxylic acids is 1. The van der Waals surface area contributed by atoms with Crippen molar-refractivity contribution in [3.8, 4) is 0 Å². The average Bonchev–Trinajstić information content (AvgIpc) is 2.79. The molecule has 2 aromatic carbocycles. The fourth-order valence-electron chi connectivity index (χ4n) is 3.51. The van der Waals surface area contributed by atoms with Gasteiger partial charge in [-0.25, -0.2) is 4.79 Å². The van der Waals surface area contributed by atoms with Gasteiger partial charge in [-0.2, -0.15) is 0 Å². The van der Waals surface area contributed by atoms with Crippen molar-refractivity contribution in [1.82, 2.24) is 9.55 Å². The summed E-state index contributed by atoms with van der Waals surface area (Å²) in [6.07, 6.45) is 1.59. The van der Waals surface area contributed by atoms with Gasteiger partial charge >= 0.3 is 5.69 Å². The van der Waals surface area contributed by atoms with E-state index in [1.54, 1.807) is 0 Å². The molecule has 1 heterocycles. The summed E-state index contributed by atoms with van der Waals surface area (Å²) in [6, 6.07) is 15.5. The van der Waals surface area contributed by atoms with Gasteiger partial charge in [0.05, 0.1) is 12.3 Å². The van der Waals surface area contributed by atoms with Gasteiger partial charge in [0.1, 0.15) is 5.82 Å². The number of benzene rings is 2. The molecular formula is C25H30N4O3S. The van der Waals surface area contributed by atoms with Crippen LogP contribution in [0.5, 0.6) is 0 Å². The normalized spacial score (nSPS) is 10.9. The van der Waals surface area contributed by atoms with Crippen LogP contribution in [0.2, 0.25) is 0 Å². The lowest BCUT2D eigenvalue weighted by Gasteiger charge is -2.25. The minimum absolute atomic E-state index is 0.0122. The lowest BCUT2D eigenvalue weighted by molar-refractivity contribution is -0.116. The molecule has 0 spiro atoms. The maximum Gasteiger partial charge on any atom is 0.330 e. The zero-order valence-electron chi connectivity index (χ0n) is 19.3. The highest BCUT2D eigenvalue weighted by molar-refractivity contribution is 8.00. The van der Waals surface area contributed by atoms with Crippen LogP contribution in [0.4, 0.5) is 11.5 Å². The van der Waals surface area contributed by atoms with E-state index in [9.17, 15) is 14.4 Å². The summed E-state index contributed by atoms with van der Waals surface area (Å²) < 4.78 is 1.34.